The molecule has 6 heteroatoms. The van der Waals surface area contributed by atoms with Gasteiger partial charge in [0.25, 0.3) is 0 Å². The molecule has 0 aliphatic carbocycles. The Morgan fingerprint density at radius 3 is 2.71 bits per heavy atom. The van der Waals surface area contributed by atoms with Crippen molar-refractivity contribution in [1.82, 2.24) is 0 Å². The van der Waals surface area contributed by atoms with Gasteiger partial charge in [-0.25, -0.2) is 0 Å². The topological polar surface area (TPSA) is 21.3 Å². The molecule has 2 nitrogen and oxygen atoms in total. The third kappa shape index (κ3) is 6.06. The summed E-state index contributed by atoms with van der Waals surface area (Å²) >= 11 is 5.42. The van der Waals surface area contributed by atoms with Gasteiger partial charge in [0.1, 0.15) is 5.75 Å². The average Bonchev–Trinajstić information content (AvgIpc) is 2.23. The molecule has 1 N–H and O–H groups in total. The van der Waals surface area contributed by atoms with E-state index in [1.165, 1.54) is 18.2 Å². The fraction of sp³-hybridized carbons (Fsp3) is 0.273. The summed E-state index contributed by atoms with van der Waals surface area (Å²) < 4.78 is 39.7. The number of halogens is 4. The first-order chi connectivity index (χ1) is 8.01. The summed E-state index contributed by atoms with van der Waals surface area (Å²) in [5.41, 5.74) is 0.547. The molecule has 0 saturated carbocycles. The Kier molecular flexibility index (Phi) is 5.15. The Balaban J connectivity index is 2.57. The standard InChI is InChI=1S/C11H11ClF3NO/c12-6-1-2-7-16-9-4-3-5-10(8-9)17-11(13,14)15/h1-5,8,16H,6-7H2/b2-1+. The highest BCUT2D eigenvalue weighted by atomic mass is 35.5. The second-order valence-electron chi connectivity index (χ2n) is 3.08. The van der Waals surface area contributed by atoms with Crippen molar-refractivity contribution in [3.8, 4) is 5.75 Å². The zero-order valence-electron chi connectivity index (χ0n) is 8.80. The van der Waals surface area contributed by atoms with Gasteiger partial charge in [0.2, 0.25) is 0 Å². The van der Waals surface area contributed by atoms with E-state index in [0.717, 1.165) is 0 Å². The number of alkyl halides is 4. The van der Waals surface area contributed by atoms with Crippen LogP contribution in [0.2, 0.25) is 0 Å². The van der Waals surface area contributed by atoms with Crippen molar-refractivity contribution in [2.45, 2.75) is 6.36 Å². The zero-order chi connectivity index (χ0) is 12.7. The third-order valence-corrected chi connectivity index (χ3v) is 1.93. The number of ether oxygens (including phenoxy) is 1. The molecule has 1 rings (SSSR count). The molecule has 0 aromatic heterocycles. The zero-order valence-corrected chi connectivity index (χ0v) is 9.55. The van der Waals surface area contributed by atoms with Gasteiger partial charge in [0.15, 0.2) is 0 Å². The SMILES string of the molecule is FC(F)(F)Oc1cccc(NC/C=C/CCl)c1. The van der Waals surface area contributed by atoms with Crippen LogP contribution in [0.15, 0.2) is 36.4 Å². The lowest BCUT2D eigenvalue weighted by molar-refractivity contribution is -0.274. The van der Waals surface area contributed by atoms with Crippen LogP contribution in [0, 0.1) is 0 Å². The van der Waals surface area contributed by atoms with Crippen LogP contribution in [0.5, 0.6) is 5.75 Å². The van der Waals surface area contributed by atoms with E-state index in [0.29, 0.717) is 18.1 Å². The summed E-state index contributed by atoms with van der Waals surface area (Å²) in [5, 5.41) is 2.91. The number of hydrogen-bond donors (Lipinski definition) is 1. The van der Waals surface area contributed by atoms with E-state index in [9.17, 15) is 13.2 Å². The average molecular weight is 266 g/mol. The molecule has 0 aliphatic rings. The van der Waals surface area contributed by atoms with E-state index in [1.54, 1.807) is 18.2 Å². The van der Waals surface area contributed by atoms with Crippen LogP contribution in [-0.2, 0) is 0 Å². The quantitative estimate of drug-likeness (QED) is 0.646. The van der Waals surface area contributed by atoms with Crippen molar-refractivity contribution in [1.29, 1.82) is 0 Å². The predicted molar refractivity (Wildman–Crippen MR) is 61.5 cm³/mol. The van der Waals surface area contributed by atoms with Crippen LogP contribution in [0.3, 0.4) is 0 Å². The minimum atomic E-state index is -4.67. The predicted octanol–water partition coefficient (Wildman–Crippen LogP) is 3.79. The normalized spacial score (nSPS) is 11.8. The van der Waals surface area contributed by atoms with Gasteiger partial charge >= 0.3 is 6.36 Å². The Hall–Kier alpha value is -1.36. The maximum absolute atomic E-state index is 12.0. The number of anilines is 1. The first kappa shape index (κ1) is 13.7. The molecule has 0 heterocycles. The number of allylic oxidation sites excluding steroid dienone is 1. The largest absolute Gasteiger partial charge is 0.573 e. The lowest BCUT2D eigenvalue weighted by atomic mass is 10.3. The van der Waals surface area contributed by atoms with Gasteiger partial charge in [-0.05, 0) is 12.1 Å². The highest BCUT2D eigenvalue weighted by molar-refractivity contribution is 6.18. The molecule has 1 aromatic rings. The van der Waals surface area contributed by atoms with Crippen molar-refractivity contribution < 1.29 is 17.9 Å². The Morgan fingerprint density at radius 1 is 1.29 bits per heavy atom. The van der Waals surface area contributed by atoms with Crippen LogP contribution in [-0.4, -0.2) is 18.8 Å². The smallest absolute Gasteiger partial charge is 0.406 e. The molecule has 0 unspecified atom stereocenters. The maximum Gasteiger partial charge on any atom is 0.573 e. The van der Waals surface area contributed by atoms with Gasteiger partial charge in [-0.3, -0.25) is 0 Å². The van der Waals surface area contributed by atoms with Gasteiger partial charge in [-0.15, -0.1) is 24.8 Å². The molecular weight excluding hydrogens is 255 g/mol. The van der Waals surface area contributed by atoms with Gasteiger partial charge in [-0.1, -0.05) is 18.2 Å². The van der Waals surface area contributed by atoms with E-state index >= 15 is 0 Å². The lowest BCUT2D eigenvalue weighted by Gasteiger charge is -2.10. The maximum atomic E-state index is 12.0. The summed E-state index contributed by atoms with van der Waals surface area (Å²) in [6.07, 6.45) is -1.15. The molecule has 0 fully saturated rings. The van der Waals surface area contributed by atoms with Gasteiger partial charge in [0.05, 0.1) is 0 Å². The molecule has 1 aromatic carbocycles. The Labute approximate surface area is 102 Å². The van der Waals surface area contributed by atoms with Crippen molar-refractivity contribution in [3.63, 3.8) is 0 Å². The summed E-state index contributed by atoms with van der Waals surface area (Å²) in [5.74, 6) is 0.155. The molecule has 0 radical (unpaired) electrons. The monoisotopic (exact) mass is 265 g/mol. The fourth-order valence-electron chi connectivity index (χ4n) is 1.13. The van der Waals surface area contributed by atoms with Crippen LogP contribution in [0.4, 0.5) is 18.9 Å². The first-order valence-corrected chi connectivity index (χ1v) is 5.35. The van der Waals surface area contributed by atoms with E-state index in [1.807, 2.05) is 0 Å². The molecule has 94 valence electrons. The molecular formula is C11H11ClF3NO. The summed E-state index contributed by atoms with van der Waals surface area (Å²) in [7, 11) is 0. The molecule has 0 aliphatic heterocycles. The highest BCUT2D eigenvalue weighted by Crippen LogP contribution is 2.24. The Bertz CT molecular complexity index is 379. The molecule has 0 saturated heterocycles. The van der Waals surface area contributed by atoms with Gasteiger partial charge in [-0.2, -0.15) is 0 Å². The molecule has 0 amide bonds. The van der Waals surface area contributed by atoms with Crippen LogP contribution in [0.25, 0.3) is 0 Å². The second kappa shape index (κ2) is 6.39. The van der Waals surface area contributed by atoms with Crippen molar-refractivity contribution in [2.24, 2.45) is 0 Å². The summed E-state index contributed by atoms with van der Waals surface area (Å²) in [6.45, 7) is 0.488. The fourth-order valence-corrected chi connectivity index (χ4v) is 1.25. The number of nitrogens with one attached hydrogen (secondary N) is 1. The van der Waals surface area contributed by atoms with Crippen LogP contribution in [0.1, 0.15) is 0 Å². The first-order valence-electron chi connectivity index (χ1n) is 4.82. The molecule has 0 bridgehead atoms. The van der Waals surface area contributed by atoms with Crippen molar-refractivity contribution >= 4 is 17.3 Å². The van der Waals surface area contributed by atoms with E-state index in [-0.39, 0.29) is 5.75 Å². The summed E-state index contributed by atoms with van der Waals surface area (Å²) in [6, 6.07) is 5.65. The second-order valence-corrected chi connectivity index (χ2v) is 3.39. The molecule has 17 heavy (non-hydrogen) atoms. The van der Waals surface area contributed by atoms with E-state index in [4.69, 9.17) is 11.6 Å². The lowest BCUT2D eigenvalue weighted by Crippen LogP contribution is -2.17. The van der Waals surface area contributed by atoms with Crippen molar-refractivity contribution in [3.05, 3.63) is 36.4 Å². The van der Waals surface area contributed by atoms with Crippen molar-refractivity contribution in [2.75, 3.05) is 17.7 Å². The van der Waals surface area contributed by atoms with Crippen LogP contribution >= 0.6 is 11.6 Å². The number of rotatable bonds is 5. The summed E-state index contributed by atoms with van der Waals surface area (Å²) in [4.78, 5) is 0. The highest BCUT2D eigenvalue weighted by Gasteiger charge is 2.31. The minimum Gasteiger partial charge on any atom is -0.406 e. The van der Waals surface area contributed by atoms with E-state index in [2.05, 4.69) is 10.1 Å². The van der Waals surface area contributed by atoms with E-state index < -0.39 is 6.36 Å². The van der Waals surface area contributed by atoms with Crippen LogP contribution < -0.4 is 10.1 Å². The third-order valence-electron chi connectivity index (χ3n) is 1.75. The molecule has 0 atom stereocenters. The van der Waals surface area contributed by atoms with Gasteiger partial charge in [0, 0.05) is 24.2 Å². The number of benzene rings is 1. The minimum absolute atomic E-state index is 0.246. The molecule has 0 spiro atoms. The number of hydrogen-bond acceptors (Lipinski definition) is 2. The van der Waals surface area contributed by atoms with Gasteiger partial charge < -0.3 is 10.1 Å². The Morgan fingerprint density at radius 2 is 2.06 bits per heavy atom.